The van der Waals surface area contributed by atoms with Crippen molar-refractivity contribution >= 4 is 10.6 Å². The van der Waals surface area contributed by atoms with Gasteiger partial charge in [0.25, 0.3) is 0 Å². The third kappa shape index (κ3) is 2.44. The Morgan fingerprint density at radius 1 is 1.43 bits per heavy atom. The lowest BCUT2D eigenvalue weighted by Gasteiger charge is -1.92. The molecule has 1 N–H and O–H groups in total. The predicted molar refractivity (Wildman–Crippen MR) is 18.3 cm³/mol. The van der Waals surface area contributed by atoms with Crippen molar-refractivity contribution < 1.29 is 17.4 Å². The van der Waals surface area contributed by atoms with Crippen LogP contribution < -0.4 is 0 Å². The van der Waals surface area contributed by atoms with E-state index in [9.17, 15) is 13.2 Å². The Labute approximate surface area is 39.3 Å². The SMILES string of the molecule is N=[SH](=O)C(F)(F)F. The minimum Gasteiger partial charge on any atom is -0.248 e. The molecule has 1 atom stereocenters. The first-order valence-corrected chi connectivity index (χ1v) is 2.46. The van der Waals surface area contributed by atoms with Gasteiger partial charge in [-0.3, -0.25) is 0 Å². The molecular weight excluding hydrogens is 131 g/mol. The Bertz CT molecular complexity index is 115. The molecule has 0 aromatic heterocycles. The molecule has 1 unspecified atom stereocenters. The number of rotatable bonds is 0. The summed E-state index contributed by atoms with van der Waals surface area (Å²) in [4.78, 5) is 0. The van der Waals surface area contributed by atoms with E-state index in [2.05, 4.69) is 0 Å². The van der Waals surface area contributed by atoms with E-state index in [0.717, 1.165) is 0 Å². The average Bonchev–Trinajstić information content (AvgIpc) is 1.31. The van der Waals surface area contributed by atoms with Crippen LogP contribution >= 0.6 is 0 Å². The number of hydrogen-bond donors (Lipinski definition) is 2. The van der Waals surface area contributed by atoms with E-state index in [1.165, 1.54) is 0 Å². The maximum absolute atomic E-state index is 10.7. The lowest BCUT2D eigenvalue weighted by molar-refractivity contribution is -0.0373. The van der Waals surface area contributed by atoms with Gasteiger partial charge in [0.05, 0.1) is 0 Å². The molecule has 2 nitrogen and oxygen atoms in total. The van der Waals surface area contributed by atoms with E-state index in [0.29, 0.717) is 0 Å². The largest absolute Gasteiger partial charge is 0.476 e. The molecule has 7 heavy (non-hydrogen) atoms. The Hall–Kier alpha value is -0.260. The fourth-order valence-electron chi connectivity index (χ4n) is 0. The zero-order valence-electron chi connectivity index (χ0n) is 2.99. The first-order chi connectivity index (χ1) is 2.94. The summed E-state index contributed by atoms with van der Waals surface area (Å²) in [6.45, 7) is 0. The summed E-state index contributed by atoms with van der Waals surface area (Å²) in [5.74, 6) is 0. The third-order valence-electron chi connectivity index (χ3n) is 0.230. The van der Waals surface area contributed by atoms with Gasteiger partial charge in [-0.15, -0.1) is 0 Å². The van der Waals surface area contributed by atoms with Crippen LogP contribution in [0.3, 0.4) is 0 Å². The normalized spacial score (nSPS) is 16.4. The summed E-state index contributed by atoms with van der Waals surface area (Å²) in [5, 5.41) is 0. The molecule has 0 aliphatic heterocycles. The summed E-state index contributed by atoms with van der Waals surface area (Å²) in [7, 11) is -3.74. The van der Waals surface area contributed by atoms with Crippen molar-refractivity contribution in [1.29, 1.82) is 4.78 Å². The van der Waals surface area contributed by atoms with Crippen LogP contribution in [0.25, 0.3) is 0 Å². The molecule has 0 saturated carbocycles. The molecule has 44 valence electrons. The van der Waals surface area contributed by atoms with Gasteiger partial charge >= 0.3 is 5.51 Å². The first kappa shape index (κ1) is 6.74. The number of hydrogen-bond acceptors (Lipinski definition) is 2. The Kier molecular flexibility index (Phi) is 1.63. The molecule has 0 heterocycles. The van der Waals surface area contributed by atoms with Gasteiger partial charge in [-0.2, -0.15) is 13.2 Å². The molecule has 0 spiro atoms. The highest BCUT2D eigenvalue weighted by molar-refractivity contribution is 7.74. The van der Waals surface area contributed by atoms with E-state index >= 15 is 0 Å². The number of halogens is 3. The molecule has 0 aliphatic rings. The van der Waals surface area contributed by atoms with Crippen LogP contribution in [0.15, 0.2) is 0 Å². The second kappa shape index (κ2) is 1.69. The van der Waals surface area contributed by atoms with Gasteiger partial charge in [0.2, 0.25) is 0 Å². The van der Waals surface area contributed by atoms with E-state index in [1.54, 1.807) is 0 Å². The van der Waals surface area contributed by atoms with Gasteiger partial charge in [-0.05, 0) is 0 Å². The van der Waals surface area contributed by atoms with Crippen LogP contribution in [0.2, 0.25) is 0 Å². The number of nitrogens with one attached hydrogen (secondary N) is 1. The van der Waals surface area contributed by atoms with Crippen LogP contribution in [0.5, 0.6) is 0 Å². The maximum Gasteiger partial charge on any atom is 0.476 e. The van der Waals surface area contributed by atoms with E-state index < -0.39 is 16.1 Å². The van der Waals surface area contributed by atoms with Crippen molar-refractivity contribution in [1.82, 2.24) is 0 Å². The molecule has 0 radical (unpaired) electrons. The molecule has 0 rings (SSSR count). The summed E-state index contributed by atoms with van der Waals surface area (Å²) in [5.41, 5.74) is -4.82. The first-order valence-electron chi connectivity index (χ1n) is 1.20. The quantitative estimate of drug-likeness (QED) is 0.470. The van der Waals surface area contributed by atoms with Gasteiger partial charge in [0.1, 0.15) is 10.6 Å². The standard InChI is InChI=1S/CH2F3NOS/c2-1(3,4)7(5)6/h5,7H. The van der Waals surface area contributed by atoms with E-state index in [4.69, 9.17) is 8.99 Å². The zero-order valence-corrected chi connectivity index (χ0v) is 3.88. The van der Waals surface area contributed by atoms with E-state index in [1.807, 2.05) is 0 Å². The Balaban J connectivity index is 4.08. The summed E-state index contributed by atoms with van der Waals surface area (Å²) < 4.78 is 46.9. The maximum atomic E-state index is 10.7. The van der Waals surface area contributed by atoms with Crippen LogP contribution in [0.4, 0.5) is 13.2 Å². The smallest absolute Gasteiger partial charge is 0.248 e. The summed E-state index contributed by atoms with van der Waals surface area (Å²) >= 11 is 0. The van der Waals surface area contributed by atoms with Crippen LogP contribution in [0.1, 0.15) is 0 Å². The van der Waals surface area contributed by atoms with Crippen molar-refractivity contribution in [3.8, 4) is 0 Å². The van der Waals surface area contributed by atoms with E-state index in [-0.39, 0.29) is 0 Å². The lowest BCUT2D eigenvalue weighted by atomic mass is 11.6. The molecular formula is CH2F3NOS. The van der Waals surface area contributed by atoms with Crippen molar-refractivity contribution in [2.45, 2.75) is 5.51 Å². The third-order valence-corrected chi connectivity index (χ3v) is 0.691. The van der Waals surface area contributed by atoms with Crippen molar-refractivity contribution in [3.05, 3.63) is 0 Å². The highest BCUT2D eigenvalue weighted by Gasteiger charge is 2.28. The second-order valence-corrected chi connectivity index (χ2v) is 1.86. The van der Waals surface area contributed by atoms with Crippen LogP contribution in [-0.4, -0.2) is 9.72 Å². The fourth-order valence-corrected chi connectivity index (χ4v) is 0. The van der Waals surface area contributed by atoms with Crippen LogP contribution in [-0.2, 0) is 10.6 Å². The lowest BCUT2D eigenvalue weighted by Crippen LogP contribution is -2.06. The average molecular weight is 133 g/mol. The van der Waals surface area contributed by atoms with Crippen molar-refractivity contribution in [3.63, 3.8) is 0 Å². The fraction of sp³-hybridized carbons (Fsp3) is 1.00. The molecule has 0 fully saturated rings. The van der Waals surface area contributed by atoms with Gasteiger partial charge in [-0.25, -0.2) is 8.99 Å². The number of alkyl halides is 3. The molecule has 6 heteroatoms. The number of thiol groups is 1. The monoisotopic (exact) mass is 133 g/mol. The zero-order chi connectivity index (χ0) is 6.08. The Morgan fingerprint density at radius 2 is 1.57 bits per heavy atom. The van der Waals surface area contributed by atoms with Crippen molar-refractivity contribution in [2.75, 3.05) is 0 Å². The van der Waals surface area contributed by atoms with Gasteiger partial charge in [0, 0.05) is 0 Å². The molecule has 0 amide bonds. The molecule has 0 saturated heterocycles. The molecule has 0 bridgehead atoms. The molecule has 0 aliphatic carbocycles. The van der Waals surface area contributed by atoms with Gasteiger partial charge < -0.3 is 0 Å². The van der Waals surface area contributed by atoms with Crippen molar-refractivity contribution in [2.24, 2.45) is 0 Å². The minimum absolute atomic E-state index is 3.74. The highest BCUT2D eigenvalue weighted by Crippen LogP contribution is 2.14. The molecule has 0 aromatic carbocycles. The summed E-state index contributed by atoms with van der Waals surface area (Å²) in [6, 6.07) is 0. The predicted octanol–water partition coefficient (Wildman–Crippen LogP) is 0.750. The topological polar surface area (TPSA) is 40.9 Å². The van der Waals surface area contributed by atoms with Gasteiger partial charge in [-0.1, -0.05) is 0 Å². The Morgan fingerprint density at radius 3 is 1.57 bits per heavy atom. The van der Waals surface area contributed by atoms with Gasteiger partial charge in [0.15, 0.2) is 0 Å². The highest BCUT2D eigenvalue weighted by atomic mass is 32.2. The van der Waals surface area contributed by atoms with Crippen LogP contribution in [0, 0.1) is 4.78 Å². The second-order valence-electron chi connectivity index (χ2n) is 0.762. The minimum atomic E-state index is -4.82. The molecule has 0 aromatic rings. The summed E-state index contributed by atoms with van der Waals surface area (Å²) in [6.07, 6.45) is 0.